The Balaban J connectivity index is 1.07. The van der Waals surface area contributed by atoms with Crippen molar-refractivity contribution in [3.05, 3.63) is 89.5 Å². The molecule has 7 nitrogen and oxygen atoms in total. The normalized spacial score (nSPS) is 13.9. The highest BCUT2D eigenvalue weighted by atomic mass is 16.5. The van der Waals surface area contributed by atoms with Crippen molar-refractivity contribution in [2.45, 2.75) is 33.0 Å². The highest BCUT2D eigenvalue weighted by Crippen LogP contribution is 2.21. The smallest absolute Gasteiger partial charge is 0.126 e. The van der Waals surface area contributed by atoms with Gasteiger partial charge in [-0.2, -0.15) is 0 Å². The van der Waals surface area contributed by atoms with Crippen LogP contribution < -0.4 is 14.4 Å². The molecule has 1 aliphatic rings. The summed E-state index contributed by atoms with van der Waals surface area (Å²) in [4.78, 5) is 5.03. The summed E-state index contributed by atoms with van der Waals surface area (Å²) in [7, 11) is 1.70. The molecule has 0 N–H and O–H groups in total. The van der Waals surface area contributed by atoms with Gasteiger partial charge in [0, 0.05) is 70.9 Å². The van der Waals surface area contributed by atoms with Gasteiger partial charge in [-0.3, -0.25) is 4.90 Å². The third-order valence-corrected chi connectivity index (χ3v) is 7.22. The monoisotopic (exact) mass is 562 g/mol. The molecule has 0 radical (unpaired) electrons. The Labute approximate surface area is 245 Å². The molecule has 4 rings (SSSR count). The topological polar surface area (TPSA) is 52.6 Å². The standard InChI is InChI=1S/C34H46N2O5/c1-29-9-13-32(14-10-29)36-20-18-35(19-21-36)17-5-23-39-27-30-11-15-33(16-12-30)41-28-31-7-3-4-8-34(31)40-26-25-38-24-6-22-37-2/h3-4,7-16H,5-6,17-28H2,1-2H3. The molecule has 3 aromatic carbocycles. The molecule has 0 bridgehead atoms. The van der Waals surface area contributed by atoms with E-state index in [9.17, 15) is 0 Å². The summed E-state index contributed by atoms with van der Waals surface area (Å²) in [5, 5.41) is 0. The van der Waals surface area contributed by atoms with E-state index < -0.39 is 0 Å². The van der Waals surface area contributed by atoms with Crippen molar-refractivity contribution >= 4 is 5.69 Å². The Morgan fingerprint density at radius 3 is 2.20 bits per heavy atom. The van der Waals surface area contributed by atoms with Gasteiger partial charge in [0.15, 0.2) is 0 Å². The molecule has 1 heterocycles. The lowest BCUT2D eigenvalue weighted by molar-refractivity contribution is 0.0801. The molecule has 0 aliphatic carbocycles. The molecule has 0 spiro atoms. The molecular formula is C34H46N2O5. The van der Waals surface area contributed by atoms with E-state index in [1.54, 1.807) is 7.11 Å². The van der Waals surface area contributed by atoms with Crippen LogP contribution in [0.1, 0.15) is 29.5 Å². The second-order valence-electron chi connectivity index (χ2n) is 10.4. The van der Waals surface area contributed by atoms with Crippen LogP contribution in [-0.4, -0.2) is 77.8 Å². The van der Waals surface area contributed by atoms with Crippen molar-refractivity contribution in [1.29, 1.82) is 0 Å². The van der Waals surface area contributed by atoms with Crippen LogP contribution in [0.25, 0.3) is 0 Å². The molecule has 1 saturated heterocycles. The fourth-order valence-corrected chi connectivity index (χ4v) is 4.79. The first-order chi connectivity index (χ1) is 20.2. The van der Waals surface area contributed by atoms with E-state index in [1.165, 1.54) is 11.3 Å². The number of hydrogen-bond acceptors (Lipinski definition) is 7. The quantitative estimate of drug-likeness (QED) is 0.183. The van der Waals surface area contributed by atoms with Crippen LogP contribution >= 0.6 is 0 Å². The van der Waals surface area contributed by atoms with Crippen molar-refractivity contribution in [2.75, 3.05) is 77.8 Å². The number of rotatable bonds is 18. The summed E-state index contributed by atoms with van der Waals surface area (Å²) in [6, 6.07) is 25.0. The van der Waals surface area contributed by atoms with Gasteiger partial charge in [0.1, 0.15) is 24.7 Å². The van der Waals surface area contributed by atoms with Gasteiger partial charge in [0.05, 0.1) is 13.2 Å². The largest absolute Gasteiger partial charge is 0.491 e. The zero-order chi connectivity index (χ0) is 28.5. The number of para-hydroxylation sites is 1. The number of nitrogens with zero attached hydrogens (tertiary/aromatic N) is 2. The highest BCUT2D eigenvalue weighted by molar-refractivity contribution is 5.47. The van der Waals surface area contributed by atoms with E-state index in [4.69, 9.17) is 23.7 Å². The molecule has 0 atom stereocenters. The van der Waals surface area contributed by atoms with Crippen molar-refractivity contribution < 1.29 is 23.7 Å². The number of ether oxygens (including phenoxy) is 5. The van der Waals surface area contributed by atoms with Crippen molar-refractivity contribution in [1.82, 2.24) is 4.90 Å². The van der Waals surface area contributed by atoms with E-state index in [-0.39, 0.29) is 0 Å². The maximum atomic E-state index is 6.04. The SMILES string of the molecule is COCCCOCCOc1ccccc1COc1ccc(COCCCN2CCN(c3ccc(C)cc3)CC2)cc1. The third-order valence-electron chi connectivity index (χ3n) is 7.22. The van der Waals surface area contributed by atoms with Gasteiger partial charge in [0.2, 0.25) is 0 Å². The summed E-state index contributed by atoms with van der Waals surface area (Å²) in [5.41, 5.74) is 4.81. The van der Waals surface area contributed by atoms with Gasteiger partial charge in [0.25, 0.3) is 0 Å². The lowest BCUT2D eigenvalue weighted by Crippen LogP contribution is -2.46. The van der Waals surface area contributed by atoms with Gasteiger partial charge in [-0.05, 0) is 55.7 Å². The lowest BCUT2D eigenvalue weighted by Gasteiger charge is -2.36. The first-order valence-electron chi connectivity index (χ1n) is 14.8. The van der Waals surface area contributed by atoms with Crippen molar-refractivity contribution in [3.63, 3.8) is 0 Å². The fraction of sp³-hybridized carbons (Fsp3) is 0.471. The predicted octanol–water partition coefficient (Wildman–Crippen LogP) is 5.73. The van der Waals surface area contributed by atoms with E-state index >= 15 is 0 Å². The summed E-state index contributed by atoms with van der Waals surface area (Å²) in [5.74, 6) is 1.65. The Hall–Kier alpha value is -3.10. The molecule has 1 aliphatic heterocycles. The third kappa shape index (κ3) is 11.0. The molecule has 0 unspecified atom stereocenters. The summed E-state index contributed by atoms with van der Waals surface area (Å²) in [6.45, 7) is 11.9. The minimum absolute atomic E-state index is 0.444. The molecular weight excluding hydrogens is 516 g/mol. The number of aryl methyl sites for hydroxylation is 1. The molecule has 0 amide bonds. The second kappa shape index (κ2) is 17.7. The zero-order valence-corrected chi connectivity index (χ0v) is 24.8. The summed E-state index contributed by atoms with van der Waals surface area (Å²) in [6.07, 6.45) is 1.94. The van der Waals surface area contributed by atoms with Gasteiger partial charge in [-0.25, -0.2) is 0 Å². The number of methoxy groups -OCH3 is 1. The number of piperazine rings is 1. The maximum absolute atomic E-state index is 6.04. The van der Waals surface area contributed by atoms with Crippen molar-refractivity contribution in [2.24, 2.45) is 0 Å². The minimum Gasteiger partial charge on any atom is -0.491 e. The first kappa shape index (κ1) is 30.8. The zero-order valence-electron chi connectivity index (χ0n) is 24.8. The Bertz CT molecular complexity index is 1110. The maximum Gasteiger partial charge on any atom is 0.126 e. The molecule has 7 heteroatoms. The molecule has 3 aromatic rings. The molecule has 1 fully saturated rings. The van der Waals surface area contributed by atoms with Gasteiger partial charge in [-0.1, -0.05) is 48.0 Å². The van der Waals surface area contributed by atoms with Crippen LogP contribution in [0.4, 0.5) is 5.69 Å². The van der Waals surface area contributed by atoms with Crippen LogP contribution in [0, 0.1) is 6.92 Å². The minimum atomic E-state index is 0.444. The van der Waals surface area contributed by atoms with Gasteiger partial charge < -0.3 is 28.6 Å². The van der Waals surface area contributed by atoms with E-state index in [2.05, 4.69) is 53.1 Å². The Kier molecular flexibility index (Phi) is 13.3. The average Bonchev–Trinajstić information content (AvgIpc) is 3.01. The number of hydrogen-bond donors (Lipinski definition) is 0. The molecule has 41 heavy (non-hydrogen) atoms. The van der Waals surface area contributed by atoms with Crippen LogP contribution in [0.5, 0.6) is 11.5 Å². The van der Waals surface area contributed by atoms with Crippen LogP contribution in [0.2, 0.25) is 0 Å². The van der Waals surface area contributed by atoms with Gasteiger partial charge in [-0.15, -0.1) is 0 Å². The predicted molar refractivity (Wildman–Crippen MR) is 164 cm³/mol. The van der Waals surface area contributed by atoms with E-state index in [0.29, 0.717) is 39.6 Å². The Morgan fingerprint density at radius 1 is 0.659 bits per heavy atom. The number of benzene rings is 3. The first-order valence-corrected chi connectivity index (χ1v) is 14.8. The highest BCUT2D eigenvalue weighted by Gasteiger charge is 2.16. The molecule has 0 saturated carbocycles. The van der Waals surface area contributed by atoms with Crippen LogP contribution in [0.15, 0.2) is 72.8 Å². The van der Waals surface area contributed by atoms with Crippen LogP contribution in [-0.2, 0) is 27.4 Å². The summed E-state index contributed by atoms with van der Waals surface area (Å²) >= 11 is 0. The van der Waals surface area contributed by atoms with Crippen molar-refractivity contribution in [3.8, 4) is 11.5 Å². The van der Waals surface area contributed by atoms with E-state index in [0.717, 1.165) is 74.8 Å². The fourth-order valence-electron chi connectivity index (χ4n) is 4.79. The lowest BCUT2D eigenvalue weighted by atomic mass is 10.2. The Morgan fingerprint density at radius 2 is 1.41 bits per heavy atom. The second-order valence-corrected chi connectivity index (χ2v) is 10.4. The molecule has 222 valence electrons. The molecule has 0 aromatic heterocycles. The average molecular weight is 563 g/mol. The van der Waals surface area contributed by atoms with Crippen LogP contribution in [0.3, 0.4) is 0 Å². The summed E-state index contributed by atoms with van der Waals surface area (Å²) < 4.78 is 28.5. The number of anilines is 1. The van der Waals surface area contributed by atoms with E-state index in [1.807, 2.05) is 36.4 Å². The van der Waals surface area contributed by atoms with Gasteiger partial charge >= 0.3 is 0 Å².